The van der Waals surface area contributed by atoms with Gasteiger partial charge in [-0.3, -0.25) is 14.5 Å². The number of carbonyl (C=O) groups is 2. The van der Waals surface area contributed by atoms with Crippen molar-refractivity contribution in [2.75, 3.05) is 26.2 Å². The Morgan fingerprint density at radius 2 is 1.89 bits per heavy atom. The standard InChI is InChI=1S/C13H23N3O2/c1-2-10-9-15(6-5-11(10)14)7-8-16-12(17)3-4-13(16)18/h10-11H,2-9,14H2,1H3. The van der Waals surface area contributed by atoms with Crippen LogP contribution in [-0.4, -0.2) is 53.8 Å². The summed E-state index contributed by atoms with van der Waals surface area (Å²) in [5.41, 5.74) is 6.07. The molecule has 2 fully saturated rings. The van der Waals surface area contributed by atoms with Crippen LogP contribution in [0, 0.1) is 5.92 Å². The van der Waals surface area contributed by atoms with Gasteiger partial charge in [0.05, 0.1) is 0 Å². The highest BCUT2D eigenvalue weighted by molar-refractivity contribution is 6.01. The van der Waals surface area contributed by atoms with Crippen molar-refractivity contribution in [3.63, 3.8) is 0 Å². The number of imide groups is 1. The molecule has 18 heavy (non-hydrogen) atoms. The van der Waals surface area contributed by atoms with Gasteiger partial charge in [-0.15, -0.1) is 0 Å². The number of likely N-dealkylation sites (tertiary alicyclic amines) is 2. The summed E-state index contributed by atoms with van der Waals surface area (Å²) in [6.07, 6.45) is 2.89. The van der Waals surface area contributed by atoms with Gasteiger partial charge in [0.25, 0.3) is 0 Å². The van der Waals surface area contributed by atoms with Crippen LogP contribution in [0.2, 0.25) is 0 Å². The van der Waals surface area contributed by atoms with Crippen molar-refractivity contribution in [1.29, 1.82) is 0 Å². The minimum absolute atomic E-state index is 0.0132. The Morgan fingerprint density at radius 3 is 2.50 bits per heavy atom. The quantitative estimate of drug-likeness (QED) is 0.727. The van der Waals surface area contributed by atoms with E-state index < -0.39 is 0 Å². The van der Waals surface area contributed by atoms with E-state index in [-0.39, 0.29) is 11.8 Å². The number of hydrogen-bond donors (Lipinski definition) is 1. The van der Waals surface area contributed by atoms with E-state index in [1.165, 1.54) is 4.90 Å². The summed E-state index contributed by atoms with van der Waals surface area (Å²) < 4.78 is 0. The van der Waals surface area contributed by atoms with Crippen LogP contribution >= 0.6 is 0 Å². The lowest BCUT2D eigenvalue weighted by Gasteiger charge is -2.37. The fourth-order valence-electron chi connectivity index (χ4n) is 2.87. The van der Waals surface area contributed by atoms with Gasteiger partial charge in [-0.25, -0.2) is 0 Å². The van der Waals surface area contributed by atoms with Gasteiger partial charge in [-0.2, -0.15) is 0 Å². The lowest BCUT2D eigenvalue weighted by atomic mass is 9.91. The Labute approximate surface area is 108 Å². The van der Waals surface area contributed by atoms with Crippen LogP contribution in [0.3, 0.4) is 0 Å². The molecule has 0 bridgehead atoms. The topological polar surface area (TPSA) is 66.6 Å². The fraction of sp³-hybridized carbons (Fsp3) is 0.846. The maximum atomic E-state index is 11.5. The zero-order chi connectivity index (χ0) is 13.1. The molecule has 0 radical (unpaired) electrons. The monoisotopic (exact) mass is 253 g/mol. The summed E-state index contributed by atoms with van der Waals surface area (Å²) in [6, 6.07) is 0.307. The van der Waals surface area contributed by atoms with Crippen molar-refractivity contribution in [2.45, 2.75) is 38.6 Å². The summed E-state index contributed by atoms with van der Waals surface area (Å²) in [4.78, 5) is 26.7. The molecular weight excluding hydrogens is 230 g/mol. The second kappa shape index (κ2) is 5.80. The van der Waals surface area contributed by atoms with Crippen molar-refractivity contribution in [2.24, 2.45) is 11.7 Å². The molecule has 0 spiro atoms. The highest BCUT2D eigenvalue weighted by Gasteiger charge is 2.30. The third-order valence-electron chi connectivity index (χ3n) is 4.20. The van der Waals surface area contributed by atoms with Crippen LogP contribution in [0.4, 0.5) is 0 Å². The van der Waals surface area contributed by atoms with Crippen molar-refractivity contribution in [3.8, 4) is 0 Å². The Balaban J connectivity index is 1.80. The third kappa shape index (κ3) is 2.90. The van der Waals surface area contributed by atoms with E-state index in [9.17, 15) is 9.59 Å². The molecule has 2 N–H and O–H groups in total. The Hall–Kier alpha value is -0.940. The predicted molar refractivity (Wildman–Crippen MR) is 68.8 cm³/mol. The molecule has 2 atom stereocenters. The van der Waals surface area contributed by atoms with Gasteiger partial charge >= 0.3 is 0 Å². The first-order valence-electron chi connectivity index (χ1n) is 6.93. The largest absolute Gasteiger partial charge is 0.327 e. The number of hydrogen-bond acceptors (Lipinski definition) is 4. The van der Waals surface area contributed by atoms with Crippen molar-refractivity contribution >= 4 is 11.8 Å². The second-order valence-electron chi connectivity index (χ2n) is 5.36. The lowest BCUT2D eigenvalue weighted by molar-refractivity contribution is -0.138. The Morgan fingerprint density at radius 1 is 1.22 bits per heavy atom. The van der Waals surface area contributed by atoms with Crippen molar-refractivity contribution in [1.82, 2.24) is 9.80 Å². The van der Waals surface area contributed by atoms with E-state index in [2.05, 4.69) is 11.8 Å². The SMILES string of the molecule is CCC1CN(CCN2C(=O)CCC2=O)CCC1N. The van der Waals surface area contributed by atoms with Crippen molar-refractivity contribution < 1.29 is 9.59 Å². The molecule has 0 aromatic heterocycles. The van der Waals surface area contributed by atoms with Crippen LogP contribution in [0.15, 0.2) is 0 Å². The van der Waals surface area contributed by atoms with Crippen LogP contribution < -0.4 is 5.73 Å². The number of rotatable bonds is 4. The van der Waals surface area contributed by atoms with E-state index in [4.69, 9.17) is 5.73 Å². The maximum absolute atomic E-state index is 11.5. The molecule has 2 aliphatic rings. The highest BCUT2D eigenvalue weighted by atomic mass is 16.2. The van der Waals surface area contributed by atoms with E-state index >= 15 is 0 Å². The summed E-state index contributed by atoms with van der Waals surface area (Å²) in [7, 11) is 0. The van der Waals surface area contributed by atoms with Gasteiger partial charge in [-0.1, -0.05) is 13.3 Å². The Kier molecular flexibility index (Phi) is 4.35. The average Bonchev–Trinajstić information content (AvgIpc) is 2.68. The number of nitrogens with two attached hydrogens (primary N) is 1. The molecule has 0 aromatic rings. The smallest absolute Gasteiger partial charge is 0.229 e. The number of amides is 2. The molecule has 2 aliphatic heterocycles. The second-order valence-corrected chi connectivity index (χ2v) is 5.36. The fourth-order valence-corrected chi connectivity index (χ4v) is 2.87. The molecule has 0 aromatic carbocycles. The summed E-state index contributed by atoms with van der Waals surface area (Å²) in [5, 5.41) is 0. The molecule has 0 aliphatic carbocycles. The molecule has 0 saturated carbocycles. The molecule has 2 rings (SSSR count). The molecular formula is C13H23N3O2. The zero-order valence-electron chi connectivity index (χ0n) is 11.1. The molecule has 2 saturated heterocycles. The third-order valence-corrected chi connectivity index (χ3v) is 4.20. The van der Waals surface area contributed by atoms with Crippen molar-refractivity contribution in [3.05, 3.63) is 0 Å². The van der Waals surface area contributed by atoms with E-state index in [1.54, 1.807) is 0 Å². The first-order valence-corrected chi connectivity index (χ1v) is 6.93. The zero-order valence-corrected chi connectivity index (χ0v) is 11.1. The number of carbonyl (C=O) groups excluding carboxylic acids is 2. The normalized spacial score (nSPS) is 30.2. The van der Waals surface area contributed by atoms with Crippen LogP contribution in [0.5, 0.6) is 0 Å². The molecule has 5 nitrogen and oxygen atoms in total. The Bertz CT molecular complexity index is 316. The highest BCUT2D eigenvalue weighted by Crippen LogP contribution is 2.19. The predicted octanol–water partition coefficient (Wildman–Crippen LogP) is 0.195. The summed E-state index contributed by atoms with van der Waals surface area (Å²) in [6.45, 7) is 5.48. The molecule has 2 amide bonds. The van der Waals surface area contributed by atoms with E-state index in [1.807, 2.05) is 0 Å². The molecule has 2 unspecified atom stereocenters. The minimum Gasteiger partial charge on any atom is -0.327 e. The summed E-state index contributed by atoms with van der Waals surface area (Å²) >= 11 is 0. The number of piperidine rings is 1. The maximum Gasteiger partial charge on any atom is 0.229 e. The molecule has 5 heteroatoms. The lowest BCUT2D eigenvalue weighted by Crippen LogP contribution is -2.49. The van der Waals surface area contributed by atoms with Gasteiger partial charge in [0.15, 0.2) is 0 Å². The van der Waals surface area contributed by atoms with Crippen LogP contribution in [-0.2, 0) is 9.59 Å². The first kappa shape index (κ1) is 13.5. The van der Waals surface area contributed by atoms with Crippen LogP contribution in [0.25, 0.3) is 0 Å². The van der Waals surface area contributed by atoms with Crippen LogP contribution in [0.1, 0.15) is 32.6 Å². The van der Waals surface area contributed by atoms with Gasteiger partial charge in [0.2, 0.25) is 11.8 Å². The number of nitrogens with zero attached hydrogens (tertiary/aromatic N) is 2. The van der Waals surface area contributed by atoms with Gasteiger partial charge in [0, 0.05) is 38.5 Å². The summed E-state index contributed by atoms with van der Waals surface area (Å²) in [5.74, 6) is 0.519. The van der Waals surface area contributed by atoms with E-state index in [0.29, 0.717) is 31.3 Å². The first-order chi connectivity index (χ1) is 8.61. The minimum atomic E-state index is -0.0132. The average molecular weight is 253 g/mol. The van der Waals surface area contributed by atoms with E-state index in [0.717, 1.165) is 32.5 Å². The molecule has 102 valence electrons. The van der Waals surface area contributed by atoms with Gasteiger partial charge < -0.3 is 10.6 Å². The molecule has 2 heterocycles. The van der Waals surface area contributed by atoms with Gasteiger partial charge in [-0.05, 0) is 18.9 Å². The van der Waals surface area contributed by atoms with Gasteiger partial charge in [0.1, 0.15) is 0 Å².